The average molecular weight is 257 g/mol. The van der Waals surface area contributed by atoms with Crippen LogP contribution in [0.2, 0.25) is 0 Å². The largest absolute Gasteiger partial charge is 0.384 e. The maximum atomic E-state index is 12.4. The molecule has 1 saturated heterocycles. The van der Waals surface area contributed by atoms with Crippen LogP contribution in [-0.4, -0.2) is 35.6 Å². The van der Waals surface area contributed by atoms with E-state index in [0.29, 0.717) is 5.56 Å². The molecule has 0 saturated carbocycles. The van der Waals surface area contributed by atoms with E-state index in [9.17, 15) is 4.79 Å². The molecule has 100 valence electrons. The van der Waals surface area contributed by atoms with Gasteiger partial charge in [0.2, 0.25) is 0 Å². The second-order valence-electron chi connectivity index (χ2n) is 4.75. The Labute approximate surface area is 114 Å². The Bertz CT molecular complexity index is 491. The van der Waals surface area contributed by atoms with E-state index < -0.39 is 0 Å². The Hall–Kier alpha value is -1.79. The lowest BCUT2D eigenvalue weighted by Crippen LogP contribution is -2.31. The van der Waals surface area contributed by atoms with E-state index in [4.69, 9.17) is 5.11 Å². The van der Waals surface area contributed by atoms with Crippen LogP contribution in [0, 0.1) is 11.8 Å². The van der Waals surface area contributed by atoms with Gasteiger partial charge in [0.25, 0.3) is 5.91 Å². The molecule has 0 spiro atoms. The zero-order chi connectivity index (χ0) is 13.5. The summed E-state index contributed by atoms with van der Waals surface area (Å²) in [6.07, 6.45) is 4.61. The second-order valence-corrected chi connectivity index (χ2v) is 4.75. The van der Waals surface area contributed by atoms with Gasteiger partial charge in [0.05, 0.1) is 0 Å². The summed E-state index contributed by atoms with van der Waals surface area (Å²) in [5, 5.41) is 8.69. The van der Waals surface area contributed by atoms with Crippen LogP contribution < -0.4 is 0 Å². The summed E-state index contributed by atoms with van der Waals surface area (Å²) in [5.74, 6) is 5.53. The molecule has 1 aliphatic heterocycles. The van der Waals surface area contributed by atoms with Gasteiger partial charge in [-0.2, -0.15) is 0 Å². The summed E-state index contributed by atoms with van der Waals surface area (Å²) in [6, 6.07) is 7.32. The van der Waals surface area contributed by atoms with Crippen molar-refractivity contribution in [1.29, 1.82) is 0 Å². The monoisotopic (exact) mass is 257 g/mol. The minimum absolute atomic E-state index is 0.0922. The van der Waals surface area contributed by atoms with Gasteiger partial charge in [-0.05, 0) is 31.0 Å². The first-order valence-corrected chi connectivity index (χ1v) is 6.80. The van der Waals surface area contributed by atoms with Gasteiger partial charge in [0, 0.05) is 24.2 Å². The quantitative estimate of drug-likeness (QED) is 0.782. The summed E-state index contributed by atoms with van der Waals surface area (Å²) in [6.45, 7) is 1.54. The normalized spacial score (nSPS) is 15.3. The van der Waals surface area contributed by atoms with Gasteiger partial charge in [-0.1, -0.05) is 30.7 Å². The maximum Gasteiger partial charge on any atom is 0.253 e. The molecule has 0 atom stereocenters. The molecule has 0 radical (unpaired) electrons. The van der Waals surface area contributed by atoms with Gasteiger partial charge in [-0.15, -0.1) is 0 Å². The summed E-state index contributed by atoms with van der Waals surface area (Å²) < 4.78 is 0. The van der Waals surface area contributed by atoms with Gasteiger partial charge in [-0.3, -0.25) is 4.79 Å². The van der Waals surface area contributed by atoms with Gasteiger partial charge < -0.3 is 10.0 Å². The SMILES string of the molecule is O=C(c1cccc(C#CCO)c1)N1CCCCCC1. The average Bonchev–Trinajstić information content (AvgIpc) is 2.73. The number of carbonyl (C=O) groups is 1. The number of nitrogens with zero attached hydrogens (tertiary/aromatic N) is 1. The Morgan fingerprint density at radius 3 is 2.63 bits per heavy atom. The van der Waals surface area contributed by atoms with Crippen LogP contribution in [0.25, 0.3) is 0 Å². The van der Waals surface area contributed by atoms with Crippen molar-refractivity contribution < 1.29 is 9.90 Å². The molecule has 1 aromatic carbocycles. The van der Waals surface area contributed by atoms with Crippen molar-refractivity contribution in [2.75, 3.05) is 19.7 Å². The van der Waals surface area contributed by atoms with Gasteiger partial charge in [0.15, 0.2) is 0 Å². The molecule has 0 bridgehead atoms. The van der Waals surface area contributed by atoms with Crippen molar-refractivity contribution in [1.82, 2.24) is 4.90 Å². The lowest BCUT2D eigenvalue weighted by molar-refractivity contribution is 0.0761. The Morgan fingerprint density at radius 1 is 1.21 bits per heavy atom. The maximum absolute atomic E-state index is 12.4. The number of aliphatic hydroxyl groups excluding tert-OH is 1. The number of aliphatic hydroxyl groups is 1. The molecule has 3 nitrogen and oxygen atoms in total. The molecule has 2 rings (SSSR count). The first kappa shape index (κ1) is 13.6. The molecule has 1 N–H and O–H groups in total. The summed E-state index contributed by atoms with van der Waals surface area (Å²) >= 11 is 0. The molecule has 19 heavy (non-hydrogen) atoms. The van der Waals surface area contributed by atoms with E-state index in [1.165, 1.54) is 12.8 Å². The smallest absolute Gasteiger partial charge is 0.253 e. The third-order valence-corrected chi connectivity index (χ3v) is 3.31. The minimum atomic E-state index is -0.162. The molecule has 3 heteroatoms. The van der Waals surface area contributed by atoms with Gasteiger partial charge in [-0.25, -0.2) is 0 Å². The fourth-order valence-corrected chi connectivity index (χ4v) is 2.33. The molecule has 1 amide bonds. The molecule has 0 aromatic heterocycles. The third kappa shape index (κ3) is 3.84. The highest BCUT2D eigenvalue weighted by molar-refractivity contribution is 5.94. The first-order valence-electron chi connectivity index (χ1n) is 6.80. The summed E-state index contributed by atoms with van der Waals surface area (Å²) in [4.78, 5) is 14.3. The van der Waals surface area contributed by atoms with Crippen LogP contribution in [0.3, 0.4) is 0 Å². The lowest BCUT2D eigenvalue weighted by atomic mass is 10.1. The number of hydrogen-bond donors (Lipinski definition) is 1. The van der Waals surface area contributed by atoms with Crippen molar-refractivity contribution in [3.63, 3.8) is 0 Å². The van der Waals surface area contributed by atoms with Crippen LogP contribution in [0.15, 0.2) is 24.3 Å². The Kier molecular flexibility index (Phi) is 5.00. The zero-order valence-corrected chi connectivity index (χ0v) is 11.1. The molecule has 0 unspecified atom stereocenters. The molecular weight excluding hydrogens is 238 g/mol. The molecular formula is C16H19NO2. The van der Waals surface area contributed by atoms with E-state index in [1.54, 1.807) is 6.07 Å². The van der Waals surface area contributed by atoms with Crippen LogP contribution in [0.1, 0.15) is 41.6 Å². The van der Waals surface area contributed by atoms with Gasteiger partial charge in [0.1, 0.15) is 6.61 Å². The van der Waals surface area contributed by atoms with E-state index in [2.05, 4.69) is 11.8 Å². The minimum Gasteiger partial charge on any atom is -0.384 e. The Balaban J connectivity index is 2.13. The predicted octanol–water partition coefficient (Wildman–Crippen LogP) is 2.05. The number of amides is 1. The number of benzene rings is 1. The van der Waals surface area contributed by atoms with Crippen molar-refractivity contribution in [2.24, 2.45) is 0 Å². The Morgan fingerprint density at radius 2 is 1.95 bits per heavy atom. The number of hydrogen-bond acceptors (Lipinski definition) is 2. The van der Waals surface area contributed by atoms with Crippen LogP contribution in [0.5, 0.6) is 0 Å². The fourth-order valence-electron chi connectivity index (χ4n) is 2.33. The summed E-state index contributed by atoms with van der Waals surface area (Å²) in [7, 11) is 0. The van der Waals surface area contributed by atoms with E-state index in [0.717, 1.165) is 31.5 Å². The molecule has 1 heterocycles. The highest BCUT2D eigenvalue weighted by atomic mass is 16.2. The number of likely N-dealkylation sites (tertiary alicyclic amines) is 1. The number of rotatable bonds is 1. The second kappa shape index (κ2) is 6.96. The molecule has 1 aromatic rings. The van der Waals surface area contributed by atoms with Crippen LogP contribution in [-0.2, 0) is 0 Å². The number of carbonyl (C=O) groups excluding carboxylic acids is 1. The van der Waals surface area contributed by atoms with Crippen molar-refractivity contribution in [3.05, 3.63) is 35.4 Å². The predicted molar refractivity (Wildman–Crippen MR) is 74.8 cm³/mol. The standard InChI is InChI=1S/C16H19NO2/c18-12-6-8-14-7-5-9-15(13-14)16(19)17-10-3-1-2-4-11-17/h5,7,9,13,18H,1-4,10-12H2. The molecule has 1 aliphatic rings. The third-order valence-electron chi connectivity index (χ3n) is 3.31. The van der Waals surface area contributed by atoms with E-state index >= 15 is 0 Å². The molecule has 0 aliphatic carbocycles. The van der Waals surface area contributed by atoms with Crippen LogP contribution >= 0.6 is 0 Å². The van der Waals surface area contributed by atoms with Crippen molar-refractivity contribution >= 4 is 5.91 Å². The van der Waals surface area contributed by atoms with E-state index in [1.807, 2.05) is 23.1 Å². The summed E-state index contributed by atoms with van der Waals surface area (Å²) in [5.41, 5.74) is 1.46. The van der Waals surface area contributed by atoms with Crippen LogP contribution in [0.4, 0.5) is 0 Å². The van der Waals surface area contributed by atoms with Crippen molar-refractivity contribution in [3.8, 4) is 11.8 Å². The first-order chi connectivity index (χ1) is 9.31. The van der Waals surface area contributed by atoms with E-state index in [-0.39, 0.29) is 12.5 Å². The molecule has 1 fully saturated rings. The fraction of sp³-hybridized carbons (Fsp3) is 0.438. The highest BCUT2D eigenvalue weighted by Gasteiger charge is 2.17. The highest BCUT2D eigenvalue weighted by Crippen LogP contribution is 2.14. The topological polar surface area (TPSA) is 40.5 Å². The zero-order valence-electron chi connectivity index (χ0n) is 11.1. The van der Waals surface area contributed by atoms with Crippen molar-refractivity contribution in [2.45, 2.75) is 25.7 Å². The lowest BCUT2D eigenvalue weighted by Gasteiger charge is -2.20. The van der Waals surface area contributed by atoms with Gasteiger partial charge >= 0.3 is 0 Å².